The smallest absolute Gasteiger partial charge is 0.323 e. The summed E-state index contributed by atoms with van der Waals surface area (Å²) in [5, 5.41) is 36.8. The molecular weight excluding hydrogens is 498 g/mol. The molecule has 0 unspecified atom stereocenters. The van der Waals surface area contributed by atoms with Crippen molar-refractivity contribution in [3.63, 3.8) is 0 Å². The van der Waals surface area contributed by atoms with Crippen LogP contribution in [0.1, 0.15) is 36.2 Å². The number of rotatable bonds is 11. The summed E-state index contributed by atoms with van der Waals surface area (Å²) in [6.45, 7) is 4.13. The van der Waals surface area contributed by atoms with Crippen molar-refractivity contribution in [2.75, 3.05) is 29.9 Å². The third-order valence-electron chi connectivity index (χ3n) is 5.22. The first-order valence-corrected chi connectivity index (χ1v) is 11.9. The molecule has 0 bridgehead atoms. The average molecular weight is 526 g/mol. The molecule has 37 heavy (non-hydrogen) atoms. The first-order valence-electron chi connectivity index (χ1n) is 11.4. The number of aliphatic carboxylic acids is 1. The lowest BCUT2D eigenvalue weighted by atomic mass is 10.1. The molecule has 1 aromatic heterocycles. The van der Waals surface area contributed by atoms with Crippen LogP contribution in [-0.2, 0) is 9.59 Å². The number of aliphatic hydroxyl groups is 1. The van der Waals surface area contributed by atoms with Gasteiger partial charge in [-0.05, 0) is 66.2 Å². The van der Waals surface area contributed by atoms with E-state index in [4.69, 9.17) is 0 Å². The number of thiol groups is 1. The normalized spacial score (nSPS) is 11.2. The van der Waals surface area contributed by atoms with Crippen LogP contribution in [0.2, 0.25) is 0 Å². The molecule has 0 aliphatic carbocycles. The number of carboxylic acids is 1. The van der Waals surface area contributed by atoms with E-state index in [-0.39, 0.29) is 17.9 Å². The number of likely N-dealkylation sites (N-methyl/N-ethyl adjacent to an activating group) is 1. The average Bonchev–Trinajstić information content (AvgIpc) is 3.31. The van der Waals surface area contributed by atoms with E-state index in [1.165, 1.54) is 15.6 Å². The summed E-state index contributed by atoms with van der Waals surface area (Å²) in [5.74, 6) is -2.33. The minimum atomic E-state index is -1.05. The van der Waals surface area contributed by atoms with Crippen LogP contribution in [0.15, 0.2) is 53.7 Å². The second kappa shape index (κ2) is 12.5. The second-order valence-electron chi connectivity index (χ2n) is 7.85. The van der Waals surface area contributed by atoms with E-state index in [0.29, 0.717) is 40.9 Å². The van der Waals surface area contributed by atoms with E-state index in [0.717, 1.165) is 12.5 Å². The number of tetrazole rings is 1. The maximum Gasteiger partial charge on any atom is 0.323 e. The highest BCUT2D eigenvalue weighted by molar-refractivity contribution is 7.80. The highest BCUT2D eigenvalue weighted by Gasteiger charge is 2.18. The van der Waals surface area contributed by atoms with Gasteiger partial charge in [-0.3, -0.25) is 14.4 Å². The number of carboxylic acid groups (broad SMARTS) is 1. The molecule has 0 aliphatic heterocycles. The Hall–Kier alpha value is -4.39. The fourth-order valence-electron chi connectivity index (χ4n) is 3.43. The van der Waals surface area contributed by atoms with Gasteiger partial charge >= 0.3 is 5.97 Å². The number of carbonyl (C=O) groups excluding carboxylic acids is 2. The minimum absolute atomic E-state index is 0.197. The molecule has 194 valence electrons. The molecule has 4 N–H and O–H groups in total. The van der Waals surface area contributed by atoms with Crippen molar-refractivity contribution >= 4 is 47.5 Å². The fourth-order valence-corrected chi connectivity index (χ4v) is 3.63. The lowest BCUT2D eigenvalue weighted by molar-refractivity contribution is -0.135. The summed E-state index contributed by atoms with van der Waals surface area (Å²) < 4.78 is 1.40. The van der Waals surface area contributed by atoms with Gasteiger partial charge in [-0.15, -0.1) is 17.7 Å². The molecule has 0 atom stereocenters. The summed E-state index contributed by atoms with van der Waals surface area (Å²) in [6, 6.07) is 11.2. The van der Waals surface area contributed by atoms with Gasteiger partial charge in [0.2, 0.25) is 11.1 Å². The van der Waals surface area contributed by atoms with E-state index in [2.05, 4.69) is 38.8 Å². The Bertz CT molecular complexity index is 1310. The molecule has 0 saturated carbocycles. The van der Waals surface area contributed by atoms with E-state index < -0.39 is 17.8 Å². The topological polar surface area (TPSA) is 163 Å². The Morgan fingerprint density at radius 3 is 2.43 bits per heavy atom. The molecule has 0 radical (unpaired) electrons. The van der Waals surface area contributed by atoms with Crippen LogP contribution in [0.5, 0.6) is 0 Å². The maximum atomic E-state index is 12.9. The van der Waals surface area contributed by atoms with Crippen LogP contribution >= 0.6 is 12.6 Å². The Morgan fingerprint density at radius 2 is 1.84 bits per heavy atom. The predicted octanol–water partition coefficient (Wildman–Crippen LogP) is 2.54. The van der Waals surface area contributed by atoms with Crippen LogP contribution in [-0.4, -0.2) is 67.8 Å². The first kappa shape index (κ1) is 27.2. The zero-order chi connectivity index (χ0) is 26.9. The molecule has 3 aromatic rings. The molecule has 12 nitrogen and oxygen atoms in total. The van der Waals surface area contributed by atoms with Crippen molar-refractivity contribution in [3.8, 4) is 5.69 Å². The number of aromatic nitrogens is 4. The molecule has 2 amide bonds. The third-order valence-corrected chi connectivity index (χ3v) is 5.50. The van der Waals surface area contributed by atoms with Gasteiger partial charge < -0.3 is 25.7 Å². The standard InChI is InChI=1S/C24H27N7O5S/c1-3-11-25-21(33)13-20(32)18-12-16(7-10-19(18)30(4-2)14-22(34)35)26-23(36)15-5-8-17(9-6-15)31-24(37)27-28-29-31/h5-10,12-13,32H,3-4,11,14H2,1-2H3,(H,25,33)(H,26,36)(H,34,35)(H,27,29,37)/b20-13-. The van der Waals surface area contributed by atoms with E-state index in [1.54, 1.807) is 43.3 Å². The van der Waals surface area contributed by atoms with Crippen LogP contribution < -0.4 is 15.5 Å². The summed E-state index contributed by atoms with van der Waals surface area (Å²) in [5.41, 5.74) is 1.90. The van der Waals surface area contributed by atoms with Crippen LogP contribution in [0.4, 0.5) is 11.4 Å². The molecule has 13 heteroatoms. The molecule has 1 heterocycles. The number of aliphatic hydroxyl groups excluding tert-OH is 1. The van der Waals surface area contributed by atoms with Gasteiger partial charge in [0.25, 0.3) is 5.91 Å². The number of nitrogens with one attached hydrogen (secondary N) is 2. The summed E-state index contributed by atoms with van der Waals surface area (Å²) >= 11 is 4.17. The van der Waals surface area contributed by atoms with Gasteiger partial charge in [-0.2, -0.15) is 4.68 Å². The molecular formula is C24H27N7O5S. The second-order valence-corrected chi connectivity index (χ2v) is 8.25. The summed E-state index contributed by atoms with van der Waals surface area (Å²) in [6.07, 6.45) is 1.75. The number of benzene rings is 2. The SMILES string of the molecule is CCCNC(=O)/C=C(\O)c1cc(NC(=O)c2ccc(-n3nnnc3S)cc2)ccc1N(CC)CC(=O)O. The van der Waals surface area contributed by atoms with Crippen molar-refractivity contribution in [2.24, 2.45) is 0 Å². The number of amides is 2. The number of nitrogens with zero attached hydrogens (tertiary/aromatic N) is 5. The summed E-state index contributed by atoms with van der Waals surface area (Å²) in [4.78, 5) is 37.9. The zero-order valence-electron chi connectivity index (χ0n) is 20.2. The maximum absolute atomic E-state index is 12.9. The van der Waals surface area contributed by atoms with Gasteiger partial charge in [0, 0.05) is 41.7 Å². The van der Waals surface area contributed by atoms with Gasteiger partial charge in [-0.25, -0.2) is 0 Å². The Labute approximate surface area is 218 Å². The number of carbonyl (C=O) groups is 3. The van der Waals surface area contributed by atoms with E-state index in [9.17, 15) is 24.6 Å². The highest BCUT2D eigenvalue weighted by Crippen LogP contribution is 2.29. The van der Waals surface area contributed by atoms with Gasteiger partial charge in [0.15, 0.2) is 0 Å². The minimum Gasteiger partial charge on any atom is -0.507 e. The number of hydrogen-bond donors (Lipinski definition) is 5. The first-order chi connectivity index (χ1) is 17.7. The zero-order valence-corrected chi connectivity index (χ0v) is 21.1. The summed E-state index contributed by atoms with van der Waals surface area (Å²) in [7, 11) is 0. The highest BCUT2D eigenvalue weighted by atomic mass is 32.1. The quantitative estimate of drug-likeness (QED) is 0.144. The molecule has 2 aromatic carbocycles. The molecule has 0 aliphatic rings. The van der Waals surface area contributed by atoms with Gasteiger partial charge in [-0.1, -0.05) is 6.92 Å². The molecule has 0 spiro atoms. The van der Waals surface area contributed by atoms with Gasteiger partial charge in [0.05, 0.1) is 5.69 Å². The van der Waals surface area contributed by atoms with Crippen molar-refractivity contribution in [3.05, 3.63) is 59.7 Å². The molecule has 3 rings (SSSR count). The van der Waals surface area contributed by atoms with Crippen LogP contribution in [0, 0.1) is 0 Å². The van der Waals surface area contributed by atoms with E-state index in [1.807, 2.05) is 6.92 Å². The Kier molecular flexibility index (Phi) is 9.21. The monoisotopic (exact) mass is 525 g/mol. The fraction of sp³-hybridized carbons (Fsp3) is 0.250. The molecule has 0 saturated heterocycles. The Morgan fingerprint density at radius 1 is 1.11 bits per heavy atom. The van der Waals surface area contributed by atoms with Crippen molar-refractivity contribution < 1.29 is 24.6 Å². The predicted molar refractivity (Wildman–Crippen MR) is 140 cm³/mol. The van der Waals surface area contributed by atoms with Crippen LogP contribution in [0.3, 0.4) is 0 Å². The largest absolute Gasteiger partial charge is 0.507 e. The van der Waals surface area contributed by atoms with Crippen molar-refractivity contribution in [1.82, 2.24) is 25.5 Å². The lowest BCUT2D eigenvalue weighted by Crippen LogP contribution is -2.30. The third kappa shape index (κ3) is 7.07. The Balaban J connectivity index is 1.89. The number of anilines is 2. The van der Waals surface area contributed by atoms with Crippen molar-refractivity contribution in [2.45, 2.75) is 25.4 Å². The van der Waals surface area contributed by atoms with Crippen LogP contribution in [0.25, 0.3) is 11.4 Å². The van der Waals surface area contributed by atoms with E-state index >= 15 is 0 Å². The number of hydrogen-bond acceptors (Lipinski definition) is 9. The van der Waals surface area contributed by atoms with Crippen molar-refractivity contribution in [1.29, 1.82) is 0 Å². The lowest BCUT2D eigenvalue weighted by Gasteiger charge is -2.24. The molecule has 0 fully saturated rings. The van der Waals surface area contributed by atoms with Gasteiger partial charge in [0.1, 0.15) is 12.3 Å².